The number of hydrogen-bond donors (Lipinski definition) is 3. The molecule has 5 nitrogen and oxygen atoms in total. The molecule has 0 bridgehead atoms. The molecule has 1 amide bonds. The first-order chi connectivity index (χ1) is 15.4. The smallest absolute Gasteiger partial charge is 0.416 e. The SMILES string of the molecule is O=C(O)c1cc(Nc2cc(F)cc(C(F)(F)F)c2)c2c(c1)C(=O)N[C@@H]2c1cc(F)ccc1Cl. The van der Waals surface area contributed by atoms with E-state index in [0.717, 1.165) is 30.3 Å². The van der Waals surface area contributed by atoms with Gasteiger partial charge in [0.1, 0.15) is 11.6 Å². The highest BCUT2D eigenvalue weighted by molar-refractivity contribution is 6.31. The molecule has 0 unspecified atom stereocenters. The van der Waals surface area contributed by atoms with E-state index >= 15 is 0 Å². The van der Waals surface area contributed by atoms with Crippen molar-refractivity contribution in [1.29, 1.82) is 0 Å². The first-order valence-electron chi connectivity index (χ1n) is 9.26. The number of hydrogen-bond acceptors (Lipinski definition) is 3. The van der Waals surface area contributed by atoms with Crippen LogP contribution in [-0.4, -0.2) is 17.0 Å². The number of halogens is 6. The lowest BCUT2D eigenvalue weighted by Crippen LogP contribution is -2.20. The number of fused-ring (bicyclic) bond motifs is 1. The largest absolute Gasteiger partial charge is 0.478 e. The summed E-state index contributed by atoms with van der Waals surface area (Å²) in [7, 11) is 0. The number of anilines is 2. The molecule has 1 aliphatic heterocycles. The molecule has 0 aromatic heterocycles. The molecule has 3 N–H and O–H groups in total. The summed E-state index contributed by atoms with van der Waals surface area (Å²) in [5.74, 6) is -3.95. The molecule has 170 valence electrons. The monoisotopic (exact) mass is 482 g/mol. The van der Waals surface area contributed by atoms with Crippen LogP contribution in [0.3, 0.4) is 0 Å². The lowest BCUT2D eigenvalue weighted by molar-refractivity contribution is -0.137. The molecular formula is C22H12ClF5N2O3. The van der Waals surface area contributed by atoms with Crippen LogP contribution in [-0.2, 0) is 6.18 Å². The molecule has 33 heavy (non-hydrogen) atoms. The second kappa shape index (κ2) is 8.04. The van der Waals surface area contributed by atoms with Gasteiger partial charge >= 0.3 is 12.1 Å². The van der Waals surface area contributed by atoms with Gasteiger partial charge in [-0.05, 0) is 48.5 Å². The third-order valence-corrected chi connectivity index (χ3v) is 5.35. The second-order valence-electron chi connectivity index (χ2n) is 7.21. The van der Waals surface area contributed by atoms with Crippen molar-refractivity contribution in [3.05, 3.63) is 93.0 Å². The van der Waals surface area contributed by atoms with Crippen LogP contribution < -0.4 is 10.6 Å². The molecule has 0 spiro atoms. The minimum Gasteiger partial charge on any atom is -0.478 e. The number of carbonyl (C=O) groups is 2. The van der Waals surface area contributed by atoms with Gasteiger partial charge in [0.05, 0.1) is 17.2 Å². The minimum absolute atomic E-state index is 0.0905. The topological polar surface area (TPSA) is 78.4 Å². The molecule has 11 heteroatoms. The number of amides is 1. The summed E-state index contributed by atoms with van der Waals surface area (Å²) in [4.78, 5) is 24.2. The van der Waals surface area contributed by atoms with Crippen LogP contribution in [0.1, 0.15) is 43.4 Å². The van der Waals surface area contributed by atoms with Gasteiger partial charge < -0.3 is 15.7 Å². The van der Waals surface area contributed by atoms with Crippen LogP contribution in [0.25, 0.3) is 0 Å². The molecule has 1 aliphatic rings. The van der Waals surface area contributed by atoms with Gasteiger partial charge in [-0.2, -0.15) is 13.2 Å². The van der Waals surface area contributed by atoms with E-state index in [0.29, 0.717) is 12.1 Å². The van der Waals surface area contributed by atoms with Crippen LogP contribution in [0.5, 0.6) is 0 Å². The fourth-order valence-electron chi connectivity index (χ4n) is 3.61. The van der Waals surface area contributed by atoms with Crippen molar-refractivity contribution in [1.82, 2.24) is 5.32 Å². The zero-order chi connectivity index (χ0) is 24.1. The van der Waals surface area contributed by atoms with E-state index in [4.69, 9.17) is 11.6 Å². The van der Waals surface area contributed by atoms with Crippen molar-refractivity contribution in [2.75, 3.05) is 5.32 Å². The summed E-state index contributed by atoms with van der Waals surface area (Å²) < 4.78 is 67.1. The summed E-state index contributed by atoms with van der Waals surface area (Å²) in [6, 6.07) is 6.28. The summed E-state index contributed by atoms with van der Waals surface area (Å²) in [5.41, 5.74) is -1.88. The fourth-order valence-corrected chi connectivity index (χ4v) is 3.84. The first-order valence-corrected chi connectivity index (χ1v) is 9.63. The lowest BCUT2D eigenvalue weighted by atomic mass is 9.94. The number of aromatic carboxylic acids is 1. The molecule has 3 aromatic rings. The van der Waals surface area contributed by atoms with Gasteiger partial charge in [0.15, 0.2) is 0 Å². The van der Waals surface area contributed by atoms with E-state index in [1.54, 1.807) is 0 Å². The maximum absolute atomic E-state index is 13.9. The second-order valence-corrected chi connectivity index (χ2v) is 7.62. The number of benzene rings is 3. The van der Waals surface area contributed by atoms with Crippen molar-refractivity contribution >= 4 is 34.9 Å². The Morgan fingerprint density at radius 1 is 1.03 bits per heavy atom. The Kier molecular flexibility index (Phi) is 5.49. The van der Waals surface area contributed by atoms with E-state index in [1.165, 1.54) is 6.07 Å². The zero-order valence-corrected chi connectivity index (χ0v) is 17.0. The molecule has 3 aromatic carbocycles. The molecule has 0 aliphatic carbocycles. The Morgan fingerprint density at radius 3 is 2.42 bits per heavy atom. The van der Waals surface area contributed by atoms with E-state index in [9.17, 15) is 36.6 Å². The Morgan fingerprint density at radius 2 is 1.76 bits per heavy atom. The molecule has 0 fully saturated rings. The van der Waals surface area contributed by atoms with Gasteiger partial charge in [-0.25, -0.2) is 13.6 Å². The Bertz CT molecular complexity index is 1310. The maximum atomic E-state index is 13.9. The maximum Gasteiger partial charge on any atom is 0.416 e. The number of carbonyl (C=O) groups excluding carboxylic acids is 1. The number of carboxylic acids is 1. The quantitative estimate of drug-likeness (QED) is 0.404. The third kappa shape index (κ3) is 4.34. The predicted molar refractivity (Wildman–Crippen MR) is 109 cm³/mol. The molecule has 0 saturated carbocycles. The number of rotatable bonds is 4. The zero-order valence-electron chi connectivity index (χ0n) is 16.2. The lowest BCUT2D eigenvalue weighted by Gasteiger charge is -2.19. The van der Waals surface area contributed by atoms with Crippen LogP contribution in [0, 0.1) is 11.6 Å². The van der Waals surface area contributed by atoms with Gasteiger partial charge in [0.2, 0.25) is 0 Å². The third-order valence-electron chi connectivity index (χ3n) is 5.01. The molecule has 0 radical (unpaired) electrons. The highest BCUT2D eigenvalue weighted by atomic mass is 35.5. The summed E-state index contributed by atoms with van der Waals surface area (Å²) in [6.07, 6.45) is -4.83. The van der Waals surface area contributed by atoms with Crippen molar-refractivity contribution in [3.63, 3.8) is 0 Å². The van der Waals surface area contributed by atoms with Gasteiger partial charge in [-0.1, -0.05) is 11.6 Å². The fraction of sp³-hybridized carbons (Fsp3) is 0.0909. The van der Waals surface area contributed by atoms with E-state index in [1.807, 2.05) is 0 Å². The Balaban J connectivity index is 1.90. The standard InChI is InChI=1S/C22H12ClF5N2O3/c23-16-2-1-11(24)8-14(16)19-18-15(20(31)30-19)3-9(21(32)33)4-17(18)29-13-6-10(22(26,27)28)5-12(25)7-13/h1-8,19,29H,(H,30,31)(H,32,33)/t19-/m1/s1. The average Bonchev–Trinajstić information content (AvgIpc) is 3.05. The first kappa shape index (κ1) is 22.5. The summed E-state index contributed by atoms with van der Waals surface area (Å²) in [6.45, 7) is 0. The van der Waals surface area contributed by atoms with Crippen LogP contribution in [0.4, 0.5) is 33.3 Å². The van der Waals surface area contributed by atoms with E-state index in [2.05, 4.69) is 10.6 Å². The number of carboxylic acid groups (broad SMARTS) is 1. The van der Waals surface area contributed by atoms with E-state index in [-0.39, 0.29) is 38.7 Å². The minimum atomic E-state index is -4.83. The molecular weight excluding hydrogens is 471 g/mol. The van der Waals surface area contributed by atoms with Crippen LogP contribution in [0.2, 0.25) is 5.02 Å². The Hall–Kier alpha value is -3.66. The predicted octanol–water partition coefficient (Wildman–Crippen LogP) is 5.91. The van der Waals surface area contributed by atoms with Crippen molar-refractivity contribution in [2.45, 2.75) is 12.2 Å². The van der Waals surface area contributed by atoms with Gasteiger partial charge in [0, 0.05) is 33.1 Å². The summed E-state index contributed by atoms with van der Waals surface area (Å²) >= 11 is 6.17. The molecule has 1 heterocycles. The highest BCUT2D eigenvalue weighted by Crippen LogP contribution is 2.41. The van der Waals surface area contributed by atoms with E-state index < -0.39 is 41.3 Å². The van der Waals surface area contributed by atoms with Crippen molar-refractivity contribution in [3.8, 4) is 0 Å². The van der Waals surface area contributed by atoms with Crippen molar-refractivity contribution < 1.29 is 36.6 Å². The van der Waals surface area contributed by atoms with Crippen molar-refractivity contribution in [2.24, 2.45) is 0 Å². The molecule has 1 atom stereocenters. The number of nitrogens with one attached hydrogen (secondary N) is 2. The average molecular weight is 483 g/mol. The normalized spacial score (nSPS) is 15.2. The Labute approximate surface area is 187 Å². The molecule has 4 rings (SSSR count). The van der Waals surface area contributed by atoms with Gasteiger partial charge in [0.25, 0.3) is 5.91 Å². The van der Waals surface area contributed by atoms with Crippen LogP contribution >= 0.6 is 11.6 Å². The highest BCUT2D eigenvalue weighted by Gasteiger charge is 2.36. The number of alkyl halides is 3. The summed E-state index contributed by atoms with van der Waals surface area (Å²) in [5, 5.41) is 14.6. The van der Waals surface area contributed by atoms with Crippen LogP contribution in [0.15, 0.2) is 48.5 Å². The van der Waals surface area contributed by atoms with Gasteiger partial charge in [-0.15, -0.1) is 0 Å². The van der Waals surface area contributed by atoms with Gasteiger partial charge in [-0.3, -0.25) is 4.79 Å². The molecule has 0 saturated heterocycles.